The number of fused-ring (bicyclic) bond motifs is 1. The second-order valence-corrected chi connectivity index (χ2v) is 7.16. The first-order valence-corrected chi connectivity index (χ1v) is 9.52. The van der Waals surface area contributed by atoms with Gasteiger partial charge in [-0.15, -0.1) is 0 Å². The van der Waals surface area contributed by atoms with Crippen LogP contribution in [0.5, 0.6) is 0 Å². The summed E-state index contributed by atoms with van der Waals surface area (Å²) in [5.41, 5.74) is 4.61. The predicted octanol–water partition coefficient (Wildman–Crippen LogP) is 3.92. The molecule has 0 spiro atoms. The summed E-state index contributed by atoms with van der Waals surface area (Å²) in [6.45, 7) is 0. The van der Waals surface area contributed by atoms with Crippen molar-refractivity contribution in [3.8, 4) is 22.6 Å². The Labute approximate surface area is 161 Å². The van der Waals surface area contributed by atoms with Gasteiger partial charge in [-0.05, 0) is 43.2 Å². The molecule has 140 valence electrons. The maximum Gasteiger partial charge on any atom is 0.214 e. The Morgan fingerprint density at radius 2 is 1.93 bits per heavy atom. The molecule has 0 saturated heterocycles. The lowest BCUT2D eigenvalue weighted by molar-refractivity contribution is -0.107. The van der Waals surface area contributed by atoms with E-state index >= 15 is 0 Å². The van der Waals surface area contributed by atoms with Crippen LogP contribution in [-0.2, 0) is 4.79 Å². The van der Waals surface area contributed by atoms with Crippen molar-refractivity contribution in [1.29, 1.82) is 0 Å². The van der Waals surface area contributed by atoms with Crippen LogP contribution in [0.15, 0.2) is 48.8 Å². The summed E-state index contributed by atoms with van der Waals surface area (Å²) < 4.78 is 0. The Balaban J connectivity index is 1.56. The molecule has 0 bridgehead atoms. The summed E-state index contributed by atoms with van der Waals surface area (Å²) >= 11 is 0. The number of carbonyl (C=O) groups excluding carboxylic acids is 1. The third-order valence-electron chi connectivity index (χ3n) is 5.49. The van der Waals surface area contributed by atoms with Gasteiger partial charge in [0.2, 0.25) is 6.41 Å². The molecule has 1 aliphatic carbocycles. The molecule has 1 aliphatic rings. The van der Waals surface area contributed by atoms with E-state index < -0.39 is 0 Å². The molecule has 2 aromatic heterocycles. The summed E-state index contributed by atoms with van der Waals surface area (Å²) in [5.74, 6) is 0.649. The van der Waals surface area contributed by atoms with Crippen LogP contribution in [0.1, 0.15) is 25.7 Å². The number of nitrogens with zero attached hydrogens (tertiary/aromatic N) is 4. The molecule has 4 aromatic rings. The minimum absolute atomic E-state index is 0.293. The minimum atomic E-state index is 0.293. The van der Waals surface area contributed by atoms with E-state index in [1.165, 1.54) is 12.8 Å². The number of aromatic nitrogens is 5. The van der Waals surface area contributed by atoms with E-state index in [1.807, 2.05) is 47.4 Å². The Morgan fingerprint density at radius 3 is 2.71 bits per heavy atom. The van der Waals surface area contributed by atoms with Crippen molar-refractivity contribution in [2.45, 2.75) is 31.7 Å². The Hall–Kier alpha value is -3.48. The molecule has 1 amide bonds. The van der Waals surface area contributed by atoms with Crippen molar-refractivity contribution in [3.05, 3.63) is 48.8 Å². The lowest BCUT2D eigenvalue weighted by Gasteiger charge is -2.25. The summed E-state index contributed by atoms with van der Waals surface area (Å²) in [6.07, 6.45) is 7.02. The third-order valence-corrected chi connectivity index (χ3v) is 5.49. The topological polar surface area (TPSA) is 90.6 Å². The second kappa shape index (κ2) is 6.92. The first kappa shape index (κ1) is 16.7. The maximum atomic E-state index is 11.8. The van der Waals surface area contributed by atoms with Gasteiger partial charge in [-0.3, -0.25) is 15.0 Å². The van der Waals surface area contributed by atoms with Crippen LogP contribution in [-0.4, -0.2) is 37.8 Å². The lowest BCUT2D eigenvalue weighted by Crippen LogP contribution is -2.31. The second-order valence-electron chi connectivity index (χ2n) is 7.16. The molecule has 2 N–H and O–H groups in total. The Kier molecular flexibility index (Phi) is 4.12. The lowest BCUT2D eigenvalue weighted by atomic mass is 10.0. The van der Waals surface area contributed by atoms with E-state index in [0.717, 1.165) is 52.7 Å². The Morgan fingerprint density at radius 1 is 1.04 bits per heavy atom. The average Bonchev–Trinajstić information content (AvgIpc) is 3.49. The van der Waals surface area contributed by atoms with Crippen molar-refractivity contribution in [3.63, 3.8) is 0 Å². The third kappa shape index (κ3) is 2.85. The number of rotatable bonds is 5. The number of amides is 1. The molecule has 1 saturated carbocycles. The van der Waals surface area contributed by atoms with Crippen LogP contribution in [0.4, 0.5) is 5.69 Å². The normalized spacial score (nSPS) is 14.6. The number of H-pyrrole nitrogens is 2. The molecular formula is C21H20N6O. The molecule has 0 unspecified atom stereocenters. The number of benzene rings is 2. The molecule has 28 heavy (non-hydrogen) atoms. The minimum Gasteiger partial charge on any atom is -0.312 e. The van der Waals surface area contributed by atoms with Crippen LogP contribution in [0, 0.1) is 0 Å². The van der Waals surface area contributed by atoms with Gasteiger partial charge in [-0.2, -0.15) is 10.2 Å². The van der Waals surface area contributed by atoms with E-state index in [9.17, 15) is 4.79 Å². The SMILES string of the molecule is O=CN(c1cccc(-c2n[nH]c3ccc(-c4nc[nH]n4)cc23)c1)C1CCCC1. The standard InChI is InChI=1S/C21H20N6O/c28-13-27(16-5-1-2-6-16)17-7-3-4-14(10-17)20-18-11-15(21-22-12-23-26-21)8-9-19(18)24-25-20/h3-4,7-13,16H,1-2,5-6H2,(H,24,25)(H,22,23,26). The van der Waals surface area contributed by atoms with Gasteiger partial charge in [0, 0.05) is 28.2 Å². The van der Waals surface area contributed by atoms with Crippen molar-refractivity contribution in [2.75, 3.05) is 4.90 Å². The number of hydrogen-bond donors (Lipinski definition) is 2. The van der Waals surface area contributed by atoms with Gasteiger partial charge in [-0.1, -0.05) is 25.0 Å². The smallest absolute Gasteiger partial charge is 0.214 e. The molecule has 0 atom stereocenters. The highest BCUT2D eigenvalue weighted by molar-refractivity contribution is 5.96. The Bertz CT molecular complexity index is 1110. The first-order valence-electron chi connectivity index (χ1n) is 9.52. The number of carbonyl (C=O) groups is 1. The quantitative estimate of drug-likeness (QED) is 0.520. The monoisotopic (exact) mass is 372 g/mol. The molecule has 5 rings (SSSR count). The van der Waals surface area contributed by atoms with Gasteiger partial charge >= 0.3 is 0 Å². The van der Waals surface area contributed by atoms with E-state index in [2.05, 4.69) is 25.4 Å². The zero-order chi connectivity index (χ0) is 18.9. The van der Waals surface area contributed by atoms with Gasteiger partial charge in [0.15, 0.2) is 5.82 Å². The van der Waals surface area contributed by atoms with Crippen molar-refractivity contribution in [2.24, 2.45) is 0 Å². The molecule has 0 radical (unpaired) electrons. The van der Waals surface area contributed by atoms with Crippen molar-refractivity contribution >= 4 is 23.0 Å². The van der Waals surface area contributed by atoms with E-state index in [0.29, 0.717) is 11.9 Å². The fraction of sp³-hybridized carbons (Fsp3) is 0.238. The van der Waals surface area contributed by atoms with E-state index in [4.69, 9.17) is 0 Å². The number of anilines is 1. The number of aromatic amines is 2. The molecule has 1 fully saturated rings. The largest absolute Gasteiger partial charge is 0.312 e. The van der Waals surface area contributed by atoms with Crippen molar-refractivity contribution < 1.29 is 4.79 Å². The first-order chi connectivity index (χ1) is 13.8. The predicted molar refractivity (Wildman–Crippen MR) is 108 cm³/mol. The highest BCUT2D eigenvalue weighted by Gasteiger charge is 2.23. The van der Waals surface area contributed by atoms with Gasteiger partial charge in [0.25, 0.3) is 0 Å². The van der Waals surface area contributed by atoms with Gasteiger partial charge in [-0.25, -0.2) is 4.98 Å². The number of nitrogens with one attached hydrogen (secondary N) is 2. The zero-order valence-electron chi connectivity index (χ0n) is 15.3. The van der Waals surface area contributed by atoms with Gasteiger partial charge in [0.1, 0.15) is 6.33 Å². The summed E-state index contributed by atoms with van der Waals surface area (Å²) in [7, 11) is 0. The molecule has 2 aromatic carbocycles. The van der Waals surface area contributed by atoms with Crippen LogP contribution >= 0.6 is 0 Å². The van der Waals surface area contributed by atoms with Gasteiger partial charge in [0.05, 0.1) is 11.2 Å². The molecule has 7 heteroatoms. The average molecular weight is 372 g/mol. The summed E-state index contributed by atoms with van der Waals surface area (Å²) in [4.78, 5) is 17.9. The molecule has 2 heterocycles. The van der Waals surface area contributed by atoms with Gasteiger partial charge < -0.3 is 4.90 Å². The maximum absolute atomic E-state index is 11.8. The fourth-order valence-corrected chi connectivity index (χ4v) is 4.08. The molecular weight excluding hydrogens is 352 g/mol. The zero-order valence-corrected chi connectivity index (χ0v) is 15.3. The fourth-order valence-electron chi connectivity index (χ4n) is 4.08. The highest BCUT2D eigenvalue weighted by atomic mass is 16.1. The summed E-state index contributed by atoms with van der Waals surface area (Å²) in [6, 6.07) is 14.3. The number of hydrogen-bond acceptors (Lipinski definition) is 4. The van der Waals surface area contributed by atoms with E-state index in [-0.39, 0.29) is 0 Å². The molecule has 7 nitrogen and oxygen atoms in total. The van der Waals surface area contributed by atoms with Crippen molar-refractivity contribution in [1.82, 2.24) is 25.4 Å². The molecule has 0 aliphatic heterocycles. The summed E-state index contributed by atoms with van der Waals surface area (Å²) in [5, 5.41) is 15.5. The van der Waals surface area contributed by atoms with Crippen LogP contribution in [0.25, 0.3) is 33.5 Å². The van der Waals surface area contributed by atoms with Crippen LogP contribution in [0.2, 0.25) is 0 Å². The van der Waals surface area contributed by atoms with Crippen LogP contribution in [0.3, 0.4) is 0 Å². The van der Waals surface area contributed by atoms with E-state index in [1.54, 1.807) is 6.33 Å². The van der Waals surface area contributed by atoms with Crippen LogP contribution < -0.4 is 4.90 Å². The highest BCUT2D eigenvalue weighted by Crippen LogP contribution is 2.33.